The minimum atomic E-state index is -3.27. The van der Waals surface area contributed by atoms with E-state index < -0.39 is 19.9 Å². The van der Waals surface area contributed by atoms with E-state index in [2.05, 4.69) is 164 Å². The second-order valence-corrected chi connectivity index (χ2v) is 32.9. The molecule has 0 bridgehead atoms. The van der Waals surface area contributed by atoms with Crippen molar-refractivity contribution in [3.8, 4) is 11.5 Å². The van der Waals surface area contributed by atoms with Crippen LogP contribution in [-0.2, 0) is 12.3 Å². The Morgan fingerprint density at radius 3 is 1.07 bits per heavy atom. The maximum absolute atomic E-state index is 7.02. The van der Waals surface area contributed by atoms with E-state index in [0.29, 0.717) is 0 Å². The van der Waals surface area contributed by atoms with Crippen molar-refractivity contribution in [1.29, 1.82) is 0 Å². The van der Waals surface area contributed by atoms with Crippen LogP contribution in [0.25, 0.3) is 0 Å². The van der Waals surface area contributed by atoms with Gasteiger partial charge in [0, 0.05) is 0 Å². The van der Waals surface area contributed by atoms with Crippen LogP contribution in [0.5, 0.6) is 11.5 Å². The molecule has 0 N–H and O–H groups in total. The van der Waals surface area contributed by atoms with Crippen LogP contribution >= 0.6 is 19.9 Å². The molecule has 0 fully saturated rings. The second-order valence-electron chi connectivity index (χ2n) is 12.3. The van der Waals surface area contributed by atoms with E-state index in [9.17, 15) is 0 Å². The van der Waals surface area contributed by atoms with Crippen molar-refractivity contribution in [3.63, 3.8) is 0 Å². The predicted octanol–water partition coefficient (Wildman–Crippen LogP) is 8.12. The molecule has 1 nitrogen and oxygen atoms in total. The van der Waals surface area contributed by atoms with E-state index in [0.717, 1.165) is 23.8 Å². The summed E-state index contributed by atoms with van der Waals surface area (Å²) in [5, 5.41) is 9.25. The van der Waals surface area contributed by atoms with Gasteiger partial charge in [-0.05, 0) is 0 Å². The summed E-state index contributed by atoms with van der Waals surface area (Å²) in [5.74, 6) is -1.09. The molecule has 0 aliphatic carbocycles. The summed E-state index contributed by atoms with van der Waals surface area (Å²) in [6.07, 6.45) is 2.13. The molecule has 208 valence electrons. The topological polar surface area (TPSA) is 9.23 Å². The summed E-state index contributed by atoms with van der Waals surface area (Å²) in [5.41, 5.74) is 2.99. The van der Waals surface area contributed by atoms with Crippen LogP contribution in [0, 0.1) is 0 Å². The molecule has 3 aliphatic heterocycles. The second kappa shape index (κ2) is 8.97. The number of hydrogen-bond acceptors (Lipinski definition) is 1. The van der Waals surface area contributed by atoms with E-state index in [1.807, 2.05) is 0 Å². The van der Waals surface area contributed by atoms with Crippen molar-refractivity contribution in [3.05, 3.63) is 169 Å². The number of hydrogen-bond donors (Lipinski definition) is 0. The molecular formula is C39H33OP3+2. The first-order valence-electron chi connectivity index (χ1n) is 15.1. The van der Waals surface area contributed by atoms with Gasteiger partial charge < -0.3 is 0 Å². The SMILES string of the molecule is CP123c4c(cccc4Oc4cccc(c41)C[P+]2(c1ccccc1)c1ccccc1)C[P+]3(c1ccccc1)c1ccccc1. The quantitative estimate of drug-likeness (QED) is 0.183. The first-order valence-corrected chi connectivity index (χ1v) is 23.1. The molecule has 0 aromatic heterocycles. The zero-order chi connectivity index (χ0) is 28.7. The molecular weight excluding hydrogens is 577 g/mol. The number of ether oxygens (including phenoxy) is 1. The van der Waals surface area contributed by atoms with Crippen molar-refractivity contribution in [2.24, 2.45) is 0 Å². The van der Waals surface area contributed by atoms with Gasteiger partial charge in [0.15, 0.2) is 0 Å². The normalized spacial score (nSPS) is 19.7. The summed E-state index contributed by atoms with van der Waals surface area (Å²) in [6, 6.07) is 60.7. The minimum absolute atomic E-state index is 1.07. The van der Waals surface area contributed by atoms with E-state index in [1.165, 1.54) is 32.3 Å². The molecule has 6 aromatic rings. The van der Waals surface area contributed by atoms with Gasteiger partial charge in [-0.2, -0.15) is 0 Å². The Hall–Kier alpha value is -3.59. The molecule has 9 rings (SSSR count). The van der Waals surface area contributed by atoms with Crippen LogP contribution in [0.15, 0.2) is 158 Å². The Labute approximate surface area is 255 Å². The van der Waals surface area contributed by atoms with Crippen LogP contribution in [0.3, 0.4) is 0 Å². The number of benzene rings is 6. The Morgan fingerprint density at radius 2 is 0.744 bits per heavy atom. The van der Waals surface area contributed by atoms with Gasteiger partial charge in [0.1, 0.15) is 0 Å². The Kier molecular flexibility index (Phi) is 5.40. The molecule has 3 aliphatic rings. The van der Waals surface area contributed by atoms with E-state index in [-0.39, 0.29) is 0 Å². The van der Waals surface area contributed by atoms with Crippen LogP contribution < -0.4 is 36.6 Å². The molecule has 0 saturated carbocycles. The Bertz CT molecular complexity index is 1800. The zero-order valence-corrected chi connectivity index (χ0v) is 26.9. The van der Waals surface area contributed by atoms with Gasteiger partial charge in [-0.15, -0.1) is 0 Å². The third-order valence-corrected chi connectivity index (χ3v) is 44.9. The van der Waals surface area contributed by atoms with Gasteiger partial charge in [-0.1, -0.05) is 0 Å². The fourth-order valence-corrected chi connectivity index (χ4v) is 52.4. The van der Waals surface area contributed by atoms with Gasteiger partial charge >= 0.3 is 256 Å². The fraction of sp³-hybridized carbons (Fsp3) is 0.0769. The molecule has 3 heterocycles. The molecule has 1 spiro atoms. The molecule has 0 unspecified atom stereocenters. The van der Waals surface area contributed by atoms with Crippen LogP contribution in [0.1, 0.15) is 11.1 Å². The Morgan fingerprint density at radius 1 is 0.419 bits per heavy atom. The van der Waals surface area contributed by atoms with E-state index >= 15 is 0 Å². The fourth-order valence-electron chi connectivity index (χ4n) is 9.28. The molecule has 0 saturated heterocycles. The van der Waals surface area contributed by atoms with E-state index in [1.54, 1.807) is 10.6 Å². The monoisotopic (exact) mass is 610 g/mol. The number of rotatable bonds is 4. The molecule has 0 radical (unpaired) electrons. The predicted molar refractivity (Wildman–Crippen MR) is 191 cm³/mol. The molecule has 0 amide bonds. The molecule has 4 heteroatoms. The first-order chi connectivity index (χ1) is 21.1. The summed E-state index contributed by atoms with van der Waals surface area (Å²) in [4.78, 5) is 0. The first kappa shape index (κ1) is 25.9. The Balaban J connectivity index is 1.62. The van der Waals surface area contributed by atoms with Gasteiger partial charge in [0.2, 0.25) is 0 Å². The van der Waals surface area contributed by atoms with Crippen molar-refractivity contribution in [2.45, 2.75) is 12.3 Å². The van der Waals surface area contributed by atoms with Crippen molar-refractivity contribution in [2.75, 3.05) is 6.66 Å². The van der Waals surface area contributed by atoms with Gasteiger partial charge in [0.05, 0.1) is 0 Å². The summed E-state index contributed by atoms with van der Waals surface area (Å²) >= 11 is 0. The van der Waals surface area contributed by atoms with Crippen molar-refractivity contribution in [1.82, 2.24) is 0 Å². The average molecular weight is 611 g/mol. The third-order valence-electron chi connectivity index (χ3n) is 10.7. The van der Waals surface area contributed by atoms with Gasteiger partial charge in [-0.3, -0.25) is 0 Å². The summed E-state index contributed by atoms with van der Waals surface area (Å²) in [6.45, 7) is -1.54. The van der Waals surface area contributed by atoms with Gasteiger partial charge in [-0.25, -0.2) is 0 Å². The average Bonchev–Trinajstić information content (AvgIpc) is 3.49. The van der Waals surface area contributed by atoms with Crippen LogP contribution in [0.4, 0.5) is 0 Å². The van der Waals surface area contributed by atoms with E-state index in [4.69, 9.17) is 4.74 Å². The van der Waals surface area contributed by atoms with Crippen LogP contribution in [-0.4, -0.2) is 6.66 Å². The standard InChI is InChI=1S/C39H33OP3/c1-43-38-30(28-41(43,32-18-6-2-7-19-32)33-20-8-3-9-21-33)16-14-26-36(38)40-37-27-15-17-31(39(37)43)29-42(43,34-22-10-4-11-23-34)35-24-12-5-13-25-35/h2-27H,28-29H2,1H3/q+2. The van der Waals surface area contributed by atoms with Crippen molar-refractivity contribution < 1.29 is 4.74 Å². The van der Waals surface area contributed by atoms with Gasteiger partial charge in [0.25, 0.3) is 0 Å². The molecule has 43 heavy (non-hydrogen) atoms. The zero-order valence-electron chi connectivity index (χ0n) is 24.2. The molecule has 6 aromatic carbocycles. The maximum atomic E-state index is 7.02. The molecule has 0 atom stereocenters. The summed E-state index contributed by atoms with van der Waals surface area (Å²) in [7, 11) is 0. The third kappa shape index (κ3) is 2.82. The van der Waals surface area contributed by atoms with Crippen molar-refractivity contribution >= 4 is 51.7 Å². The van der Waals surface area contributed by atoms with Crippen LogP contribution in [0.2, 0.25) is 0 Å². The summed E-state index contributed by atoms with van der Waals surface area (Å²) < 4.78 is 7.02.